The number of aliphatic hydroxyl groups is 3. The minimum absolute atomic E-state index is 0.000636. The number of hydrogen-bond donors (Lipinski definition) is 3. The van der Waals surface area contributed by atoms with Crippen LogP contribution in [0.4, 0.5) is 0 Å². The first kappa shape index (κ1) is 54.9. The molecule has 2 aliphatic carbocycles. The zero-order chi connectivity index (χ0) is 48.5. The molecule has 2 aliphatic heterocycles. The van der Waals surface area contributed by atoms with E-state index in [-0.39, 0.29) is 69.8 Å². The van der Waals surface area contributed by atoms with E-state index in [4.69, 9.17) is 33.7 Å². The van der Waals surface area contributed by atoms with Gasteiger partial charge in [0.15, 0.2) is 0 Å². The summed E-state index contributed by atoms with van der Waals surface area (Å²) in [6, 6.07) is 15.8. The first-order valence-electron chi connectivity index (χ1n) is 26.6. The fraction of sp³-hybridized carbons (Fsp3) is 0.679. The predicted molar refractivity (Wildman–Crippen MR) is 274 cm³/mol. The standard InChI is InChI=1S/C56H84N2O10S/c1-3-5-6-7-8-9-10-11-15-26-52(62)58(30-36-63-37-33-61)51-42-49(57-68-53-27-18-21-35-65-53)47-40-43(22-16-19-31-59)46(25-17-20-32-60)54-48-41-44(64-38-39-69-45-23-13-12-14-24-45)28-29-50(48)67-56(51,55(47)54)66-34-4-2/h4,12-14,23-24,28-29,40-41,43,46,51,53-55,59-61H,2-3,5-11,15-22,25-27,30-39,42H2,1H3. The Morgan fingerprint density at radius 3 is 2.39 bits per heavy atom. The molecule has 4 aliphatic rings. The molecule has 2 aromatic carbocycles. The Kier molecular flexibility index (Phi) is 24.2. The van der Waals surface area contributed by atoms with Gasteiger partial charge in [-0.25, -0.2) is 0 Å². The molecule has 7 atom stereocenters. The van der Waals surface area contributed by atoms with E-state index >= 15 is 4.79 Å². The maximum atomic E-state index is 15.0. The summed E-state index contributed by atoms with van der Waals surface area (Å²) >= 11 is 1.76. The van der Waals surface area contributed by atoms with E-state index in [9.17, 15) is 15.3 Å². The predicted octanol–water partition coefficient (Wildman–Crippen LogP) is 10.8. The van der Waals surface area contributed by atoms with Crippen LogP contribution in [0.5, 0.6) is 11.5 Å². The molecule has 2 fully saturated rings. The van der Waals surface area contributed by atoms with E-state index in [1.807, 2.05) is 35.2 Å². The lowest BCUT2D eigenvalue weighted by Gasteiger charge is -2.60. The van der Waals surface area contributed by atoms with E-state index in [2.05, 4.69) is 37.8 Å². The molecule has 13 heteroatoms. The molecule has 6 rings (SSSR count). The number of unbranched alkanes of at least 4 members (excludes halogenated alkanes) is 10. The summed E-state index contributed by atoms with van der Waals surface area (Å²) in [5.74, 6) is 0.440. The van der Waals surface area contributed by atoms with Crippen LogP contribution in [0.15, 0.2) is 82.9 Å². The molecule has 3 N–H and O–H groups in total. The molecule has 1 amide bonds. The van der Waals surface area contributed by atoms with Gasteiger partial charge in [-0.3, -0.25) is 4.79 Å². The molecule has 384 valence electrons. The molecule has 0 bridgehead atoms. The van der Waals surface area contributed by atoms with Crippen LogP contribution in [-0.4, -0.2) is 115 Å². The van der Waals surface area contributed by atoms with Gasteiger partial charge in [0.1, 0.15) is 17.5 Å². The molecule has 2 heterocycles. The Morgan fingerprint density at radius 1 is 0.899 bits per heavy atom. The van der Waals surface area contributed by atoms with E-state index in [0.717, 1.165) is 92.6 Å². The van der Waals surface area contributed by atoms with Crippen LogP contribution in [0.25, 0.3) is 0 Å². The fourth-order valence-electron chi connectivity index (χ4n) is 11.0. The number of thioether (sulfide) groups is 1. The number of amides is 1. The smallest absolute Gasteiger partial charge is 0.239 e. The van der Waals surface area contributed by atoms with Crippen molar-refractivity contribution in [1.82, 2.24) is 4.90 Å². The quantitative estimate of drug-likeness (QED) is 0.0266. The number of carbonyl (C=O) groups excluding carboxylic acids is 1. The fourth-order valence-corrected chi connectivity index (χ4v) is 11.8. The van der Waals surface area contributed by atoms with Crippen molar-refractivity contribution in [3.63, 3.8) is 0 Å². The van der Waals surface area contributed by atoms with Crippen LogP contribution in [0.3, 0.4) is 0 Å². The van der Waals surface area contributed by atoms with Gasteiger partial charge in [-0.05, 0) is 92.7 Å². The highest BCUT2D eigenvalue weighted by molar-refractivity contribution is 7.99. The monoisotopic (exact) mass is 977 g/mol. The molecule has 0 radical (unpaired) electrons. The molecule has 0 spiro atoms. The molecule has 2 aromatic rings. The minimum atomic E-state index is -1.37. The number of nitrogens with zero attached hydrogens (tertiary/aromatic N) is 2. The number of rotatable bonds is 34. The Labute approximate surface area is 417 Å². The summed E-state index contributed by atoms with van der Waals surface area (Å²) in [6.45, 7) is 8.41. The van der Waals surface area contributed by atoms with Crippen molar-refractivity contribution in [2.24, 2.45) is 22.9 Å². The van der Waals surface area contributed by atoms with Gasteiger partial charge in [-0.1, -0.05) is 107 Å². The molecule has 7 unspecified atom stereocenters. The summed E-state index contributed by atoms with van der Waals surface area (Å²) in [5, 5.41) is 34.8. The van der Waals surface area contributed by atoms with E-state index in [1.54, 1.807) is 17.8 Å². The summed E-state index contributed by atoms with van der Waals surface area (Å²) in [7, 11) is 0. The Morgan fingerprint density at radius 2 is 1.67 bits per heavy atom. The minimum Gasteiger partial charge on any atom is -0.493 e. The first-order chi connectivity index (χ1) is 34.0. The zero-order valence-electron chi connectivity index (χ0n) is 41.7. The highest BCUT2D eigenvalue weighted by Gasteiger charge is 2.65. The summed E-state index contributed by atoms with van der Waals surface area (Å²) in [6.07, 6.45) is 22.1. The zero-order valence-corrected chi connectivity index (χ0v) is 42.5. The lowest BCUT2D eigenvalue weighted by molar-refractivity contribution is -0.258. The Balaban J connectivity index is 1.44. The molecular weight excluding hydrogens is 893 g/mol. The van der Waals surface area contributed by atoms with E-state index in [1.165, 1.54) is 43.4 Å². The second-order valence-corrected chi connectivity index (χ2v) is 20.4. The van der Waals surface area contributed by atoms with Crippen molar-refractivity contribution in [2.75, 3.05) is 65.2 Å². The number of hydrogen-bond acceptors (Lipinski definition) is 12. The highest BCUT2D eigenvalue weighted by Crippen LogP contribution is 2.62. The van der Waals surface area contributed by atoms with Gasteiger partial charge in [-0.2, -0.15) is 0 Å². The second-order valence-electron chi connectivity index (χ2n) is 19.2. The topological polar surface area (TPSA) is 149 Å². The molecule has 1 saturated carbocycles. The third kappa shape index (κ3) is 15.8. The average Bonchev–Trinajstić information content (AvgIpc) is 3.37. The van der Waals surface area contributed by atoms with Gasteiger partial charge in [0.05, 0.1) is 51.3 Å². The third-order valence-corrected chi connectivity index (χ3v) is 15.3. The normalized spacial score (nSPS) is 24.5. The number of fused-ring (bicyclic) bond motifs is 2. The van der Waals surface area contributed by atoms with Crippen molar-refractivity contribution >= 4 is 23.4 Å². The summed E-state index contributed by atoms with van der Waals surface area (Å²) in [4.78, 5) is 24.5. The van der Waals surface area contributed by atoms with Crippen LogP contribution >= 0.6 is 11.8 Å². The number of carbonyl (C=O) groups is 1. The van der Waals surface area contributed by atoms with Crippen molar-refractivity contribution in [3.8, 4) is 11.5 Å². The second kappa shape index (κ2) is 30.5. The number of oxime groups is 1. The van der Waals surface area contributed by atoms with Crippen LogP contribution in [-0.2, 0) is 23.8 Å². The lowest BCUT2D eigenvalue weighted by Crippen LogP contribution is -2.70. The Bertz CT molecular complexity index is 1860. The molecule has 1 saturated heterocycles. The van der Waals surface area contributed by atoms with Gasteiger partial charge in [0.25, 0.3) is 0 Å². The van der Waals surface area contributed by atoms with Crippen LogP contribution < -0.4 is 9.47 Å². The van der Waals surface area contributed by atoms with Gasteiger partial charge in [-0.15, -0.1) is 18.3 Å². The molecule has 0 aromatic heterocycles. The van der Waals surface area contributed by atoms with Gasteiger partial charge in [0, 0.05) is 61.2 Å². The highest BCUT2D eigenvalue weighted by atomic mass is 32.2. The van der Waals surface area contributed by atoms with Crippen LogP contribution in [0.1, 0.15) is 147 Å². The largest absolute Gasteiger partial charge is 0.493 e. The van der Waals surface area contributed by atoms with Gasteiger partial charge >= 0.3 is 0 Å². The van der Waals surface area contributed by atoms with Crippen molar-refractivity contribution < 1.29 is 48.6 Å². The third-order valence-electron chi connectivity index (χ3n) is 14.3. The first-order valence-corrected chi connectivity index (χ1v) is 27.6. The SMILES string of the molecule is C=CCOC12Oc3ccc(OCCSc4ccccc4)cc3C3C(CCCCO)C(CCCCO)C=C(C(=NOC4CCCCO4)CC1N(CCOCCO)C(=O)CCCCCCCCCCC)C32. The number of ether oxygens (including phenoxy) is 5. The van der Waals surface area contributed by atoms with Crippen LogP contribution in [0, 0.1) is 17.8 Å². The van der Waals surface area contributed by atoms with Crippen LogP contribution in [0.2, 0.25) is 0 Å². The number of allylic oxidation sites excluding steroid dienone is 1. The maximum Gasteiger partial charge on any atom is 0.239 e. The van der Waals surface area contributed by atoms with Crippen molar-refractivity contribution in [3.05, 3.63) is 78.4 Å². The van der Waals surface area contributed by atoms with Gasteiger partial charge in [0.2, 0.25) is 18.0 Å². The van der Waals surface area contributed by atoms with E-state index < -0.39 is 24.0 Å². The Hall–Kier alpha value is -3.43. The van der Waals surface area contributed by atoms with Gasteiger partial charge < -0.3 is 48.7 Å². The summed E-state index contributed by atoms with van der Waals surface area (Å²) < 4.78 is 33.2. The summed E-state index contributed by atoms with van der Waals surface area (Å²) in [5.41, 5.74) is 2.76. The van der Waals surface area contributed by atoms with Crippen molar-refractivity contribution in [2.45, 2.75) is 164 Å². The average molecular weight is 977 g/mol. The van der Waals surface area contributed by atoms with Crippen molar-refractivity contribution in [1.29, 1.82) is 0 Å². The number of aliphatic hydroxyl groups excluding tert-OH is 3. The van der Waals surface area contributed by atoms with E-state index in [0.29, 0.717) is 44.6 Å². The molecule has 12 nitrogen and oxygen atoms in total. The maximum absolute atomic E-state index is 15.0. The lowest BCUT2D eigenvalue weighted by atomic mass is 9.55. The molecular formula is C56H84N2O10S. The molecule has 69 heavy (non-hydrogen) atoms. The number of benzene rings is 2.